The Labute approximate surface area is 57.5 Å². The first-order valence-corrected chi connectivity index (χ1v) is 3.10. The van der Waals surface area contributed by atoms with Gasteiger partial charge in [0.2, 0.25) is 0 Å². The molecule has 0 saturated heterocycles. The van der Waals surface area contributed by atoms with Crippen LogP contribution in [-0.4, -0.2) is 26.6 Å². The van der Waals surface area contributed by atoms with Crippen molar-refractivity contribution in [3.8, 4) is 0 Å². The van der Waals surface area contributed by atoms with Crippen molar-refractivity contribution in [1.82, 2.24) is 0 Å². The molecule has 0 amide bonds. The van der Waals surface area contributed by atoms with Gasteiger partial charge in [-0.1, -0.05) is 7.43 Å². The highest BCUT2D eigenvalue weighted by Gasteiger charge is 1.42. The molecule has 0 aromatic rings. The fourth-order valence-electron chi connectivity index (χ4n) is 0. The first kappa shape index (κ1) is 16.1. The zero-order valence-corrected chi connectivity index (χ0v) is 4.98. The van der Waals surface area contributed by atoms with E-state index in [4.69, 9.17) is 26.6 Å². The molecule has 0 aromatic carbocycles. The summed E-state index contributed by atoms with van der Waals surface area (Å²) in [5.74, 6) is 0. The van der Waals surface area contributed by atoms with Crippen LogP contribution in [0, 0.1) is 0 Å². The van der Waals surface area contributed by atoms with Crippen LogP contribution in [0.1, 0.15) is 7.43 Å². The molecule has 6 nitrogen and oxygen atoms in total. The van der Waals surface area contributed by atoms with E-state index in [2.05, 4.69) is 0 Å². The van der Waals surface area contributed by atoms with Crippen molar-refractivity contribution in [1.29, 1.82) is 0 Å². The standard InChI is InChI=1S/CH4.2H2O3S/c;2*1-4(2)3/h1H4;2*(H2,1,2,3)/p-2. The van der Waals surface area contributed by atoms with Crippen LogP contribution >= 0.6 is 0 Å². The number of hydrogen-bond donors (Lipinski definition) is 2. The topological polar surface area (TPSA) is 121 Å². The van der Waals surface area contributed by atoms with Gasteiger partial charge in [-0.15, -0.1) is 0 Å². The maximum Gasteiger partial charge on any atom is 0.0814 e. The third kappa shape index (κ3) is 15700. The Bertz CT molecular complexity index is 69.1. The van der Waals surface area contributed by atoms with E-state index in [0.29, 0.717) is 0 Å². The van der Waals surface area contributed by atoms with E-state index in [9.17, 15) is 0 Å². The van der Waals surface area contributed by atoms with Gasteiger partial charge in [-0.2, -0.15) is 0 Å². The Kier molecular flexibility index (Phi) is 19.6. The summed E-state index contributed by atoms with van der Waals surface area (Å²) in [6.45, 7) is 0. The molecule has 0 aliphatic rings. The third-order valence-corrected chi connectivity index (χ3v) is 0. The molecule has 0 spiro atoms. The number of hydrogen-bond acceptors (Lipinski definition) is 4. The summed E-state index contributed by atoms with van der Waals surface area (Å²) in [5, 5.41) is 0. The average Bonchev–Trinajstić information content (AvgIpc) is 1.25. The Balaban J connectivity index is -0.0000000720. The second kappa shape index (κ2) is 11.0. The molecule has 0 aliphatic carbocycles. The molecule has 60 valence electrons. The molecule has 0 fully saturated rings. The van der Waals surface area contributed by atoms with Crippen LogP contribution in [0.2, 0.25) is 0 Å². The van der Waals surface area contributed by atoms with Crippen LogP contribution in [0.3, 0.4) is 0 Å². The highest BCUT2D eigenvalue weighted by molar-refractivity contribution is 7.73. The van der Waals surface area contributed by atoms with E-state index in [0.717, 1.165) is 0 Å². The van der Waals surface area contributed by atoms with Gasteiger partial charge in [0.05, 0.1) is 22.7 Å². The lowest BCUT2D eigenvalue weighted by Crippen LogP contribution is -1.75. The van der Waals surface area contributed by atoms with E-state index >= 15 is 0 Å². The fraction of sp³-hybridized carbons (Fsp3) is 1.00. The Hall–Kier alpha value is 0.140. The van der Waals surface area contributed by atoms with Crippen LogP contribution in [0.4, 0.5) is 0 Å². The van der Waals surface area contributed by atoms with Gasteiger partial charge in [-0.3, -0.25) is 0 Å². The summed E-state index contributed by atoms with van der Waals surface area (Å²) >= 11 is -5.72. The van der Waals surface area contributed by atoms with E-state index in [1.807, 2.05) is 0 Å². The van der Waals surface area contributed by atoms with Crippen LogP contribution in [0.25, 0.3) is 0 Å². The van der Waals surface area contributed by atoms with Crippen LogP contribution in [0.5, 0.6) is 0 Å². The lowest BCUT2D eigenvalue weighted by molar-refractivity contribution is 0.434. The molecule has 2 atom stereocenters. The van der Waals surface area contributed by atoms with Gasteiger partial charge in [0.25, 0.3) is 0 Å². The van der Waals surface area contributed by atoms with Gasteiger partial charge in [0.1, 0.15) is 0 Å². The molecule has 0 radical (unpaired) electrons. The summed E-state index contributed by atoms with van der Waals surface area (Å²) in [6.07, 6.45) is 0. The first-order valence-electron chi connectivity index (χ1n) is 1.03. The lowest BCUT2D eigenvalue weighted by atomic mass is 12.0. The SMILES string of the molecule is C.O=S([O-])O.O=S([O-])O. The van der Waals surface area contributed by atoms with Crippen LogP contribution in [0.15, 0.2) is 0 Å². The van der Waals surface area contributed by atoms with Crippen molar-refractivity contribution >= 4 is 22.7 Å². The predicted molar refractivity (Wildman–Crippen MR) is 29.8 cm³/mol. The van der Waals surface area contributed by atoms with Crippen LogP contribution < -0.4 is 0 Å². The molecule has 9 heavy (non-hydrogen) atoms. The molecule has 0 aromatic heterocycles. The molecular formula is CH6O6S2-2. The normalized spacial score (nSPS) is 13.8. The maximum atomic E-state index is 8.56. The van der Waals surface area contributed by atoms with Gasteiger partial charge in [-0.05, 0) is 0 Å². The molecule has 2 unspecified atom stereocenters. The lowest BCUT2D eigenvalue weighted by Gasteiger charge is -1.83. The highest BCUT2D eigenvalue weighted by atomic mass is 32.2. The molecule has 0 saturated carbocycles. The summed E-state index contributed by atoms with van der Waals surface area (Å²) < 4.78 is 48.2. The van der Waals surface area contributed by atoms with Crippen molar-refractivity contribution in [3.05, 3.63) is 0 Å². The summed E-state index contributed by atoms with van der Waals surface area (Å²) in [5.41, 5.74) is 0. The summed E-state index contributed by atoms with van der Waals surface area (Å²) in [4.78, 5) is 0. The van der Waals surface area contributed by atoms with Gasteiger partial charge < -0.3 is 18.2 Å². The van der Waals surface area contributed by atoms with Gasteiger partial charge in [0.15, 0.2) is 0 Å². The van der Waals surface area contributed by atoms with Crippen molar-refractivity contribution in [2.75, 3.05) is 0 Å². The van der Waals surface area contributed by atoms with Crippen molar-refractivity contribution < 1.29 is 26.6 Å². The quantitative estimate of drug-likeness (QED) is 0.474. The number of rotatable bonds is 0. The van der Waals surface area contributed by atoms with Crippen molar-refractivity contribution in [2.24, 2.45) is 0 Å². The van der Waals surface area contributed by atoms with E-state index in [-0.39, 0.29) is 7.43 Å². The van der Waals surface area contributed by atoms with E-state index in [1.54, 1.807) is 0 Å². The monoisotopic (exact) mass is 178 g/mol. The predicted octanol–water partition coefficient (Wildman–Crippen LogP) is -0.687. The molecule has 8 heteroatoms. The minimum absolute atomic E-state index is 0. The fourth-order valence-corrected chi connectivity index (χ4v) is 0. The minimum atomic E-state index is -2.86. The largest absolute Gasteiger partial charge is 0.750 e. The third-order valence-electron chi connectivity index (χ3n) is 0. The van der Waals surface area contributed by atoms with E-state index in [1.165, 1.54) is 0 Å². The average molecular weight is 178 g/mol. The molecule has 0 aliphatic heterocycles. The smallest absolute Gasteiger partial charge is 0.0814 e. The summed E-state index contributed by atoms with van der Waals surface area (Å²) in [7, 11) is 0. The Morgan fingerprint density at radius 3 is 1.00 bits per heavy atom. The van der Waals surface area contributed by atoms with Gasteiger partial charge in [-0.25, -0.2) is 8.42 Å². The van der Waals surface area contributed by atoms with Crippen molar-refractivity contribution in [2.45, 2.75) is 7.43 Å². The first-order chi connectivity index (χ1) is 3.46. The second-order valence-electron chi connectivity index (χ2n) is 0.434. The molecule has 0 bridgehead atoms. The molecule has 0 rings (SSSR count). The van der Waals surface area contributed by atoms with Crippen molar-refractivity contribution in [3.63, 3.8) is 0 Å². The second-order valence-corrected chi connectivity index (χ2v) is 1.30. The zero-order valence-electron chi connectivity index (χ0n) is 3.34. The molecule has 0 heterocycles. The zero-order chi connectivity index (χ0) is 7.15. The van der Waals surface area contributed by atoms with Gasteiger partial charge in [0, 0.05) is 0 Å². The maximum absolute atomic E-state index is 8.56. The van der Waals surface area contributed by atoms with Crippen LogP contribution in [-0.2, 0) is 22.7 Å². The minimum Gasteiger partial charge on any atom is -0.750 e. The Morgan fingerprint density at radius 2 is 1.00 bits per heavy atom. The van der Waals surface area contributed by atoms with Gasteiger partial charge >= 0.3 is 0 Å². The molecule has 2 N–H and O–H groups in total. The highest BCUT2D eigenvalue weighted by Crippen LogP contribution is 1.43. The van der Waals surface area contributed by atoms with E-state index < -0.39 is 22.7 Å². The summed E-state index contributed by atoms with van der Waals surface area (Å²) in [6, 6.07) is 0. The molecular weight excluding hydrogens is 172 g/mol. The Morgan fingerprint density at radius 1 is 1.00 bits per heavy atom.